The van der Waals surface area contributed by atoms with Crippen molar-refractivity contribution in [3.05, 3.63) is 30.0 Å². The van der Waals surface area contributed by atoms with Crippen molar-refractivity contribution in [1.82, 2.24) is 5.16 Å². The van der Waals surface area contributed by atoms with Gasteiger partial charge >= 0.3 is 5.97 Å². The Morgan fingerprint density at radius 3 is 2.70 bits per heavy atom. The maximum absolute atomic E-state index is 10.9. The summed E-state index contributed by atoms with van der Waals surface area (Å²) in [4.78, 5) is 10.9. The highest BCUT2D eigenvalue weighted by atomic mass is 16.5. The molecular weight excluding hydrogens is 302 g/mol. The van der Waals surface area contributed by atoms with Crippen LogP contribution in [0.5, 0.6) is 11.5 Å². The van der Waals surface area contributed by atoms with Gasteiger partial charge in [-0.2, -0.15) is 0 Å². The second-order valence-electron chi connectivity index (χ2n) is 5.18. The van der Waals surface area contributed by atoms with Crippen LogP contribution >= 0.6 is 0 Å². The minimum atomic E-state index is -1.13. The first-order valence-corrected chi connectivity index (χ1v) is 7.30. The highest BCUT2D eigenvalue weighted by Gasteiger charge is 2.19. The fourth-order valence-corrected chi connectivity index (χ4v) is 2.41. The lowest BCUT2D eigenvalue weighted by molar-refractivity contribution is 0.0245. The van der Waals surface area contributed by atoms with Gasteiger partial charge in [-0.1, -0.05) is 5.16 Å². The van der Waals surface area contributed by atoms with Crippen molar-refractivity contribution in [3.8, 4) is 22.8 Å². The Labute approximate surface area is 132 Å². The molecule has 1 N–H and O–H groups in total. The lowest BCUT2D eigenvalue weighted by Gasteiger charge is -2.24. The van der Waals surface area contributed by atoms with Crippen molar-refractivity contribution in [3.63, 3.8) is 0 Å². The van der Waals surface area contributed by atoms with E-state index < -0.39 is 5.97 Å². The van der Waals surface area contributed by atoms with Crippen LogP contribution in [-0.4, -0.2) is 42.7 Å². The summed E-state index contributed by atoms with van der Waals surface area (Å²) in [6, 6.07) is 6.66. The normalized spacial score (nSPS) is 15.3. The number of carbonyl (C=O) groups is 1. The van der Waals surface area contributed by atoms with Crippen LogP contribution in [0, 0.1) is 0 Å². The van der Waals surface area contributed by atoms with E-state index in [4.69, 9.17) is 23.8 Å². The molecule has 0 atom stereocenters. The van der Waals surface area contributed by atoms with Gasteiger partial charge in [0.05, 0.1) is 20.3 Å². The molecule has 7 heteroatoms. The molecule has 0 aliphatic carbocycles. The Kier molecular flexibility index (Phi) is 4.47. The molecule has 1 aromatic heterocycles. The predicted molar refractivity (Wildman–Crippen MR) is 79.9 cm³/mol. The van der Waals surface area contributed by atoms with Crippen molar-refractivity contribution >= 4 is 5.97 Å². The number of carboxylic acids is 1. The van der Waals surface area contributed by atoms with Gasteiger partial charge in [0.25, 0.3) is 0 Å². The van der Waals surface area contributed by atoms with E-state index in [2.05, 4.69) is 5.16 Å². The van der Waals surface area contributed by atoms with Gasteiger partial charge in [-0.3, -0.25) is 0 Å². The molecule has 1 aliphatic rings. The standard InChI is InChI=1S/C16H17NO6/c1-20-13-3-2-10(14-9-12(16(18)19)17-23-14)8-15(13)22-11-4-6-21-7-5-11/h2-3,8-9,11H,4-7H2,1H3,(H,18,19). The van der Waals surface area contributed by atoms with Crippen molar-refractivity contribution in [2.24, 2.45) is 0 Å². The molecule has 2 aromatic rings. The van der Waals surface area contributed by atoms with E-state index in [1.54, 1.807) is 25.3 Å². The van der Waals surface area contributed by atoms with Crippen LogP contribution in [0.4, 0.5) is 0 Å². The predicted octanol–water partition coefficient (Wildman–Crippen LogP) is 2.61. The Morgan fingerprint density at radius 1 is 1.26 bits per heavy atom. The average Bonchev–Trinajstić information content (AvgIpc) is 3.06. The first-order chi connectivity index (χ1) is 11.2. The van der Waals surface area contributed by atoms with Gasteiger partial charge in [-0.25, -0.2) is 4.79 Å². The maximum Gasteiger partial charge on any atom is 0.358 e. The second kappa shape index (κ2) is 6.70. The fraction of sp³-hybridized carbons (Fsp3) is 0.375. The van der Waals surface area contributed by atoms with Crippen molar-refractivity contribution in [2.75, 3.05) is 20.3 Å². The molecule has 1 aromatic carbocycles. The lowest BCUT2D eigenvalue weighted by atomic mass is 10.1. The highest BCUT2D eigenvalue weighted by molar-refractivity contribution is 5.86. The second-order valence-corrected chi connectivity index (χ2v) is 5.18. The summed E-state index contributed by atoms with van der Waals surface area (Å²) < 4.78 is 21.7. The van der Waals surface area contributed by atoms with Crippen molar-refractivity contribution in [2.45, 2.75) is 18.9 Å². The smallest absolute Gasteiger partial charge is 0.358 e. The molecule has 3 rings (SSSR count). The molecule has 1 saturated heterocycles. The van der Waals surface area contributed by atoms with Gasteiger partial charge in [-0.05, 0) is 18.2 Å². The molecule has 2 heterocycles. The monoisotopic (exact) mass is 319 g/mol. The Balaban J connectivity index is 1.86. The molecule has 7 nitrogen and oxygen atoms in total. The number of hydrogen-bond acceptors (Lipinski definition) is 6. The van der Waals surface area contributed by atoms with Crippen LogP contribution in [-0.2, 0) is 4.74 Å². The van der Waals surface area contributed by atoms with Crippen LogP contribution in [0.2, 0.25) is 0 Å². The Hall–Kier alpha value is -2.54. The number of aromatic nitrogens is 1. The Morgan fingerprint density at radius 2 is 2.04 bits per heavy atom. The Bertz CT molecular complexity index is 690. The number of benzene rings is 1. The number of rotatable bonds is 5. The van der Waals surface area contributed by atoms with Crippen LogP contribution in [0.3, 0.4) is 0 Å². The molecule has 122 valence electrons. The lowest BCUT2D eigenvalue weighted by Crippen LogP contribution is -2.26. The summed E-state index contributed by atoms with van der Waals surface area (Å²) in [6.45, 7) is 1.35. The molecule has 0 radical (unpaired) electrons. The molecule has 1 aliphatic heterocycles. The van der Waals surface area contributed by atoms with E-state index >= 15 is 0 Å². The zero-order valence-corrected chi connectivity index (χ0v) is 12.7. The number of methoxy groups -OCH3 is 1. The van der Waals surface area contributed by atoms with Crippen molar-refractivity contribution in [1.29, 1.82) is 0 Å². The third-order valence-corrected chi connectivity index (χ3v) is 3.64. The van der Waals surface area contributed by atoms with Crippen LogP contribution in [0.15, 0.2) is 28.8 Å². The fourth-order valence-electron chi connectivity index (χ4n) is 2.41. The van der Waals surface area contributed by atoms with Gasteiger partial charge in [0.2, 0.25) is 0 Å². The zero-order chi connectivity index (χ0) is 16.2. The van der Waals surface area contributed by atoms with Gasteiger partial charge < -0.3 is 23.8 Å². The van der Waals surface area contributed by atoms with Gasteiger partial charge in [0, 0.05) is 24.5 Å². The summed E-state index contributed by atoms with van der Waals surface area (Å²) in [5, 5.41) is 12.4. The maximum atomic E-state index is 10.9. The topological polar surface area (TPSA) is 91.0 Å². The molecule has 1 fully saturated rings. The number of hydrogen-bond donors (Lipinski definition) is 1. The quantitative estimate of drug-likeness (QED) is 0.905. The number of aromatic carboxylic acids is 1. The SMILES string of the molecule is COc1ccc(-c2cc(C(=O)O)no2)cc1OC1CCOCC1. The van der Waals surface area contributed by atoms with Crippen LogP contribution in [0.1, 0.15) is 23.3 Å². The minimum absolute atomic E-state index is 0.0669. The molecule has 23 heavy (non-hydrogen) atoms. The van der Waals surface area contributed by atoms with E-state index in [1.165, 1.54) is 6.07 Å². The van der Waals surface area contributed by atoms with E-state index in [0.717, 1.165) is 12.8 Å². The largest absolute Gasteiger partial charge is 0.493 e. The van der Waals surface area contributed by atoms with Gasteiger partial charge in [0.1, 0.15) is 6.10 Å². The summed E-state index contributed by atoms with van der Waals surface area (Å²) in [5.74, 6) is 0.428. The first-order valence-electron chi connectivity index (χ1n) is 7.30. The van der Waals surface area contributed by atoms with E-state index in [1.807, 2.05) is 0 Å². The zero-order valence-electron chi connectivity index (χ0n) is 12.7. The van der Waals surface area contributed by atoms with Crippen LogP contribution in [0.25, 0.3) is 11.3 Å². The van der Waals surface area contributed by atoms with Crippen LogP contribution < -0.4 is 9.47 Å². The number of carboxylic acid groups (broad SMARTS) is 1. The molecule has 0 bridgehead atoms. The van der Waals surface area contributed by atoms with E-state index in [9.17, 15) is 4.79 Å². The summed E-state index contributed by atoms with van der Waals surface area (Å²) in [7, 11) is 1.57. The van der Waals surface area contributed by atoms with E-state index in [0.29, 0.717) is 36.0 Å². The van der Waals surface area contributed by atoms with Gasteiger partial charge in [-0.15, -0.1) is 0 Å². The molecule has 0 spiro atoms. The third kappa shape index (κ3) is 3.45. The minimum Gasteiger partial charge on any atom is -0.493 e. The molecule has 0 amide bonds. The van der Waals surface area contributed by atoms with Gasteiger partial charge in [0.15, 0.2) is 23.0 Å². The summed E-state index contributed by atoms with van der Waals surface area (Å²) in [6.07, 6.45) is 1.70. The highest BCUT2D eigenvalue weighted by Crippen LogP contribution is 2.34. The summed E-state index contributed by atoms with van der Waals surface area (Å²) >= 11 is 0. The molecule has 0 unspecified atom stereocenters. The number of nitrogens with zero attached hydrogens (tertiary/aromatic N) is 1. The molecular formula is C16H17NO6. The average molecular weight is 319 g/mol. The number of ether oxygens (including phenoxy) is 3. The third-order valence-electron chi connectivity index (χ3n) is 3.64. The summed E-state index contributed by atoms with van der Waals surface area (Å²) in [5.41, 5.74) is 0.538. The van der Waals surface area contributed by atoms with E-state index in [-0.39, 0.29) is 11.8 Å². The molecule has 0 saturated carbocycles. The van der Waals surface area contributed by atoms with Crippen molar-refractivity contribution < 1.29 is 28.6 Å². The first kappa shape index (κ1) is 15.4.